The van der Waals surface area contributed by atoms with Crippen LogP contribution in [0.2, 0.25) is 0 Å². The van der Waals surface area contributed by atoms with Crippen molar-refractivity contribution in [2.24, 2.45) is 0 Å². The second-order valence-corrected chi connectivity index (χ2v) is 4.54. The molecule has 76 valence electrons. The van der Waals surface area contributed by atoms with E-state index in [9.17, 15) is 4.79 Å². The van der Waals surface area contributed by atoms with Crippen molar-refractivity contribution in [3.05, 3.63) is 16.1 Å². The summed E-state index contributed by atoms with van der Waals surface area (Å²) in [6.45, 7) is 4.62. The Hall–Kier alpha value is -0.940. The van der Waals surface area contributed by atoms with Gasteiger partial charge in [0, 0.05) is 11.3 Å². The van der Waals surface area contributed by atoms with Gasteiger partial charge in [0.1, 0.15) is 6.17 Å². The summed E-state index contributed by atoms with van der Waals surface area (Å²) < 4.78 is 0. The van der Waals surface area contributed by atoms with Crippen LogP contribution >= 0.6 is 11.3 Å². The lowest BCUT2D eigenvalue weighted by Gasteiger charge is -2.06. The molecule has 14 heavy (non-hydrogen) atoms. The van der Waals surface area contributed by atoms with Gasteiger partial charge in [0.15, 0.2) is 0 Å². The fourth-order valence-electron chi connectivity index (χ4n) is 1.33. The summed E-state index contributed by atoms with van der Waals surface area (Å²) >= 11 is 1.64. The maximum atomic E-state index is 11.0. The van der Waals surface area contributed by atoms with Gasteiger partial charge in [0.2, 0.25) is 5.91 Å². The van der Waals surface area contributed by atoms with E-state index in [0.29, 0.717) is 12.5 Å². The number of rotatable bonds is 2. The molecule has 2 heterocycles. The van der Waals surface area contributed by atoms with Gasteiger partial charge in [-0.05, 0) is 0 Å². The highest BCUT2D eigenvalue weighted by molar-refractivity contribution is 7.09. The first-order valence-corrected chi connectivity index (χ1v) is 5.53. The van der Waals surface area contributed by atoms with Crippen LogP contribution in [0, 0.1) is 0 Å². The van der Waals surface area contributed by atoms with Crippen LogP contribution < -0.4 is 10.6 Å². The van der Waals surface area contributed by atoms with E-state index in [0.717, 1.165) is 10.7 Å². The summed E-state index contributed by atoms with van der Waals surface area (Å²) in [5.41, 5.74) is 0.921. The summed E-state index contributed by atoms with van der Waals surface area (Å²) in [5, 5.41) is 8.99. The average Bonchev–Trinajstić information content (AvgIpc) is 2.70. The van der Waals surface area contributed by atoms with Crippen LogP contribution in [-0.4, -0.2) is 17.4 Å². The monoisotopic (exact) mass is 211 g/mol. The predicted octanol–water partition coefficient (Wildman–Crippen LogP) is 0.984. The molecule has 0 aromatic carbocycles. The molecular formula is C9H13N3OS. The zero-order valence-electron chi connectivity index (χ0n) is 8.20. The third kappa shape index (κ3) is 1.78. The molecule has 1 saturated heterocycles. The second-order valence-electron chi connectivity index (χ2n) is 3.65. The van der Waals surface area contributed by atoms with E-state index in [1.54, 1.807) is 11.3 Å². The highest BCUT2D eigenvalue weighted by atomic mass is 32.1. The molecule has 1 aliphatic heterocycles. The second kappa shape index (κ2) is 3.67. The van der Waals surface area contributed by atoms with E-state index in [-0.39, 0.29) is 12.1 Å². The van der Waals surface area contributed by atoms with Gasteiger partial charge in [-0.1, -0.05) is 13.8 Å². The first-order valence-electron chi connectivity index (χ1n) is 4.65. The summed E-state index contributed by atoms with van der Waals surface area (Å²) in [6.07, 6.45) is -0.0914. The van der Waals surface area contributed by atoms with Crippen molar-refractivity contribution in [3.8, 4) is 0 Å². The molecule has 1 aliphatic rings. The Morgan fingerprint density at radius 2 is 2.43 bits per heavy atom. The largest absolute Gasteiger partial charge is 0.334 e. The summed E-state index contributed by atoms with van der Waals surface area (Å²) in [5.74, 6) is 0.486. The van der Waals surface area contributed by atoms with Crippen LogP contribution in [-0.2, 0) is 4.79 Å². The van der Waals surface area contributed by atoms with E-state index in [4.69, 9.17) is 0 Å². The number of hydrogen-bond acceptors (Lipinski definition) is 4. The molecule has 1 atom stereocenters. The molecule has 0 aliphatic carbocycles. The minimum atomic E-state index is -0.0914. The quantitative estimate of drug-likeness (QED) is 0.767. The molecule has 0 saturated carbocycles. The van der Waals surface area contributed by atoms with E-state index < -0.39 is 0 Å². The van der Waals surface area contributed by atoms with Crippen LogP contribution in [0.15, 0.2) is 5.38 Å². The molecule has 0 spiro atoms. The number of nitrogens with zero attached hydrogens (tertiary/aromatic N) is 1. The number of thiazole rings is 1. The van der Waals surface area contributed by atoms with Crippen molar-refractivity contribution in [1.29, 1.82) is 0 Å². The fourth-order valence-corrected chi connectivity index (χ4v) is 2.20. The van der Waals surface area contributed by atoms with Crippen LogP contribution in [0.1, 0.15) is 36.6 Å². The minimum absolute atomic E-state index is 0.0362. The Balaban J connectivity index is 2.13. The molecule has 2 N–H and O–H groups in total. The molecule has 2 rings (SSSR count). The van der Waals surface area contributed by atoms with Gasteiger partial charge in [-0.3, -0.25) is 10.1 Å². The number of carbonyl (C=O) groups is 1. The van der Waals surface area contributed by atoms with Crippen LogP contribution in [0.25, 0.3) is 0 Å². The molecule has 1 unspecified atom stereocenters. The Morgan fingerprint density at radius 3 is 2.93 bits per heavy atom. The van der Waals surface area contributed by atoms with Crippen LogP contribution in [0.3, 0.4) is 0 Å². The molecule has 5 heteroatoms. The summed E-state index contributed by atoms with van der Waals surface area (Å²) in [7, 11) is 0. The lowest BCUT2D eigenvalue weighted by Crippen LogP contribution is -2.23. The Kier molecular flexibility index (Phi) is 2.52. The molecule has 0 radical (unpaired) electrons. The van der Waals surface area contributed by atoms with Crippen LogP contribution in [0.4, 0.5) is 0 Å². The molecule has 1 fully saturated rings. The molecule has 1 aromatic heterocycles. The number of aromatic nitrogens is 1. The van der Waals surface area contributed by atoms with Crippen LogP contribution in [0.5, 0.6) is 0 Å². The Labute approximate surface area is 86.7 Å². The number of nitrogens with one attached hydrogen (secondary N) is 2. The molecule has 1 amide bonds. The normalized spacial score (nSPS) is 21.6. The van der Waals surface area contributed by atoms with Crippen molar-refractivity contribution in [3.63, 3.8) is 0 Å². The first-order chi connectivity index (χ1) is 6.66. The third-order valence-electron chi connectivity index (χ3n) is 2.10. The lowest BCUT2D eigenvalue weighted by molar-refractivity contribution is -0.118. The highest BCUT2D eigenvalue weighted by Crippen LogP contribution is 2.22. The summed E-state index contributed by atoms with van der Waals surface area (Å²) in [4.78, 5) is 15.4. The van der Waals surface area contributed by atoms with Gasteiger partial charge in [0.25, 0.3) is 0 Å². The SMILES string of the molecule is CC(C)c1nc(C2NCC(=O)N2)cs1. The number of hydrogen-bond donors (Lipinski definition) is 2. The fraction of sp³-hybridized carbons (Fsp3) is 0.556. The smallest absolute Gasteiger partial charge is 0.235 e. The zero-order chi connectivity index (χ0) is 10.1. The van der Waals surface area contributed by atoms with Gasteiger partial charge < -0.3 is 5.32 Å². The van der Waals surface area contributed by atoms with Gasteiger partial charge in [-0.2, -0.15) is 0 Å². The van der Waals surface area contributed by atoms with Gasteiger partial charge in [0.05, 0.1) is 17.2 Å². The van der Waals surface area contributed by atoms with Crippen molar-refractivity contribution in [2.45, 2.75) is 25.9 Å². The minimum Gasteiger partial charge on any atom is -0.334 e. The molecule has 1 aromatic rings. The molecular weight excluding hydrogens is 198 g/mol. The van der Waals surface area contributed by atoms with E-state index in [1.165, 1.54) is 0 Å². The van der Waals surface area contributed by atoms with Crippen molar-refractivity contribution < 1.29 is 4.79 Å². The Morgan fingerprint density at radius 1 is 1.64 bits per heavy atom. The third-order valence-corrected chi connectivity index (χ3v) is 3.26. The van der Waals surface area contributed by atoms with Crippen molar-refractivity contribution in [1.82, 2.24) is 15.6 Å². The Bertz CT molecular complexity index is 348. The standard InChI is InChI=1S/C9H13N3OS/c1-5(2)9-11-6(4-14-9)8-10-3-7(13)12-8/h4-5,8,10H,3H2,1-2H3,(H,12,13). The average molecular weight is 211 g/mol. The van der Waals surface area contributed by atoms with Crippen molar-refractivity contribution in [2.75, 3.05) is 6.54 Å². The van der Waals surface area contributed by atoms with Gasteiger partial charge >= 0.3 is 0 Å². The van der Waals surface area contributed by atoms with E-state index in [1.807, 2.05) is 5.38 Å². The lowest BCUT2D eigenvalue weighted by atomic mass is 10.2. The maximum Gasteiger partial charge on any atom is 0.235 e. The number of amides is 1. The molecule has 0 bridgehead atoms. The van der Waals surface area contributed by atoms with E-state index in [2.05, 4.69) is 29.5 Å². The van der Waals surface area contributed by atoms with E-state index >= 15 is 0 Å². The van der Waals surface area contributed by atoms with Crippen molar-refractivity contribution >= 4 is 17.2 Å². The topological polar surface area (TPSA) is 54.0 Å². The highest BCUT2D eigenvalue weighted by Gasteiger charge is 2.23. The zero-order valence-corrected chi connectivity index (χ0v) is 9.02. The number of carbonyl (C=O) groups excluding carboxylic acids is 1. The molecule has 4 nitrogen and oxygen atoms in total. The predicted molar refractivity (Wildman–Crippen MR) is 55.1 cm³/mol. The van der Waals surface area contributed by atoms with Gasteiger partial charge in [-0.25, -0.2) is 4.98 Å². The maximum absolute atomic E-state index is 11.0. The first kappa shape index (κ1) is 9.61. The summed E-state index contributed by atoms with van der Waals surface area (Å²) in [6, 6.07) is 0. The van der Waals surface area contributed by atoms with Gasteiger partial charge in [-0.15, -0.1) is 11.3 Å².